The summed E-state index contributed by atoms with van der Waals surface area (Å²) in [5.74, 6) is 0.947. The highest BCUT2D eigenvalue weighted by molar-refractivity contribution is 5.73. The van der Waals surface area contributed by atoms with E-state index in [1.807, 2.05) is 13.8 Å². The Balaban J connectivity index is 2.26. The molecule has 1 N–H and O–H groups in total. The third kappa shape index (κ3) is 3.15. The third-order valence-corrected chi connectivity index (χ3v) is 2.67. The summed E-state index contributed by atoms with van der Waals surface area (Å²) >= 11 is 0. The molecule has 2 aromatic rings. The molecule has 1 amide bonds. The predicted molar refractivity (Wildman–Crippen MR) is 68.9 cm³/mol. The first-order valence-corrected chi connectivity index (χ1v) is 6.09. The molecule has 2 rings (SSSR count). The molecule has 0 aliphatic heterocycles. The van der Waals surface area contributed by atoms with Gasteiger partial charge in [-0.2, -0.15) is 4.98 Å². The van der Waals surface area contributed by atoms with Gasteiger partial charge in [0, 0.05) is 24.9 Å². The Bertz CT molecular complexity index is 551. The Labute approximate surface area is 111 Å². The number of nitrogens with one attached hydrogen (secondary N) is 1. The van der Waals surface area contributed by atoms with E-state index in [4.69, 9.17) is 4.52 Å². The topological polar surface area (TPSA) is 80.9 Å². The zero-order valence-corrected chi connectivity index (χ0v) is 11.1. The van der Waals surface area contributed by atoms with E-state index in [1.165, 1.54) is 6.92 Å². The van der Waals surface area contributed by atoms with Gasteiger partial charge >= 0.3 is 0 Å². The van der Waals surface area contributed by atoms with Crippen LogP contribution in [0.4, 0.5) is 0 Å². The Morgan fingerprint density at radius 2 is 2.00 bits per heavy atom. The SMILES string of the molecule is CC(=O)N[C@H](c1nc(-c2ccncc2)no1)C(C)C. The lowest BCUT2D eigenvalue weighted by atomic mass is 10.0. The van der Waals surface area contributed by atoms with E-state index >= 15 is 0 Å². The van der Waals surface area contributed by atoms with Crippen molar-refractivity contribution in [3.05, 3.63) is 30.4 Å². The fourth-order valence-electron chi connectivity index (χ4n) is 1.71. The van der Waals surface area contributed by atoms with Crippen LogP contribution in [0, 0.1) is 5.92 Å². The second-order valence-corrected chi connectivity index (χ2v) is 4.61. The van der Waals surface area contributed by atoms with Crippen molar-refractivity contribution in [2.75, 3.05) is 0 Å². The standard InChI is InChI=1S/C13H16N4O2/c1-8(2)11(15-9(3)18)13-16-12(17-19-13)10-4-6-14-7-5-10/h4-8,11H,1-3H3,(H,15,18)/t11-/m0/s1. The molecule has 0 aromatic carbocycles. The van der Waals surface area contributed by atoms with Gasteiger partial charge in [-0.05, 0) is 18.1 Å². The average Bonchev–Trinajstić information content (AvgIpc) is 2.86. The van der Waals surface area contributed by atoms with E-state index in [0.717, 1.165) is 5.56 Å². The maximum Gasteiger partial charge on any atom is 0.249 e. The van der Waals surface area contributed by atoms with Gasteiger partial charge in [-0.3, -0.25) is 9.78 Å². The van der Waals surface area contributed by atoms with Crippen LogP contribution in [0.2, 0.25) is 0 Å². The van der Waals surface area contributed by atoms with E-state index in [9.17, 15) is 4.79 Å². The molecule has 100 valence electrons. The quantitative estimate of drug-likeness (QED) is 0.908. The number of nitrogens with zero attached hydrogens (tertiary/aromatic N) is 3. The zero-order chi connectivity index (χ0) is 13.8. The Morgan fingerprint density at radius 3 is 2.58 bits per heavy atom. The molecule has 0 spiro atoms. The second kappa shape index (κ2) is 5.60. The molecule has 0 unspecified atom stereocenters. The van der Waals surface area contributed by atoms with Crippen LogP contribution in [0.25, 0.3) is 11.4 Å². The lowest BCUT2D eigenvalue weighted by Gasteiger charge is -2.16. The normalized spacial score (nSPS) is 12.4. The maximum atomic E-state index is 11.2. The smallest absolute Gasteiger partial charge is 0.249 e. The first-order chi connectivity index (χ1) is 9.08. The van der Waals surface area contributed by atoms with Crippen molar-refractivity contribution in [3.8, 4) is 11.4 Å². The highest BCUT2D eigenvalue weighted by Crippen LogP contribution is 2.23. The van der Waals surface area contributed by atoms with Crippen LogP contribution >= 0.6 is 0 Å². The van der Waals surface area contributed by atoms with Crippen molar-refractivity contribution in [1.29, 1.82) is 0 Å². The van der Waals surface area contributed by atoms with E-state index in [0.29, 0.717) is 11.7 Å². The number of hydrogen-bond donors (Lipinski definition) is 1. The van der Waals surface area contributed by atoms with Gasteiger partial charge in [-0.15, -0.1) is 0 Å². The van der Waals surface area contributed by atoms with Gasteiger partial charge in [-0.25, -0.2) is 0 Å². The number of aromatic nitrogens is 3. The van der Waals surface area contributed by atoms with Crippen LogP contribution in [0.3, 0.4) is 0 Å². The molecular weight excluding hydrogens is 244 g/mol. The van der Waals surface area contributed by atoms with Crippen LogP contribution in [0.1, 0.15) is 32.7 Å². The van der Waals surface area contributed by atoms with Crippen LogP contribution < -0.4 is 5.32 Å². The molecule has 0 aliphatic rings. The minimum atomic E-state index is -0.277. The van der Waals surface area contributed by atoms with Gasteiger partial charge in [0.2, 0.25) is 17.6 Å². The van der Waals surface area contributed by atoms with Gasteiger partial charge in [0.1, 0.15) is 6.04 Å². The number of amides is 1. The number of pyridine rings is 1. The first kappa shape index (κ1) is 13.2. The summed E-state index contributed by atoms with van der Waals surface area (Å²) in [4.78, 5) is 19.5. The lowest BCUT2D eigenvalue weighted by Crippen LogP contribution is -2.29. The molecule has 0 fully saturated rings. The van der Waals surface area contributed by atoms with Crippen LogP contribution in [0.15, 0.2) is 29.0 Å². The summed E-state index contributed by atoms with van der Waals surface area (Å²) in [5, 5.41) is 6.74. The molecule has 2 heterocycles. The van der Waals surface area contributed by atoms with Gasteiger partial charge in [0.15, 0.2) is 0 Å². The molecule has 0 saturated heterocycles. The fourth-order valence-corrected chi connectivity index (χ4v) is 1.71. The molecule has 6 heteroatoms. The van der Waals surface area contributed by atoms with Gasteiger partial charge in [0.05, 0.1) is 0 Å². The molecule has 19 heavy (non-hydrogen) atoms. The van der Waals surface area contributed by atoms with Gasteiger partial charge in [-0.1, -0.05) is 19.0 Å². The maximum absolute atomic E-state index is 11.2. The minimum absolute atomic E-state index is 0.123. The Kier molecular flexibility index (Phi) is 3.89. The Morgan fingerprint density at radius 1 is 1.32 bits per heavy atom. The van der Waals surface area contributed by atoms with Crippen molar-refractivity contribution in [1.82, 2.24) is 20.4 Å². The Hall–Kier alpha value is -2.24. The minimum Gasteiger partial charge on any atom is -0.344 e. The van der Waals surface area contributed by atoms with Crippen molar-refractivity contribution in [3.63, 3.8) is 0 Å². The number of rotatable bonds is 4. The summed E-state index contributed by atoms with van der Waals surface area (Å²) in [6.07, 6.45) is 3.33. The van der Waals surface area contributed by atoms with Gasteiger partial charge < -0.3 is 9.84 Å². The number of carbonyl (C=O) groups excluding carboxylic acids is 1. The average molecular weight is 260 g/mol. The number of hydrogen-bond acceptors (Lipinski definition) is 5. The molecule has 1 atom stereocenters. The predicted octanol–water partition coefficient (Wildman–Crippen LogP) is 1.96. The highest BCUT2D eigenvalue weighted by atomic mass is 16.5. The van der Waals surface area contributed by atoms with Crippen LogP contribution in [0.5, 0.6) is 0 Å². The van der Waals surface area contributed by atoms with Crippen molar-refractivity contribution in [2.45, 2.75) is 26.8 Å². The zero-order valence-electron chi connectivity index (χ0n) is 11.1. The highest BCUT2D eigenvalue weighted by Gasteiger charge is 2.23. The molecular formula is C13H16N4O2. The third-order valence-electron chi connectivity index (χ3n) is 2.67. The number of carbonyl (C=O) groups is 1. The molecule has 2 aromatic heterocycles. The monoisotopic (exact) mass is 260 g/mol. The van der Waals surface area contributed by atoms with Crippen molar-refractivity contribution < 1.29 is 9.32 Å². The second-order valence-electron chi connectivity index (χ2n) is 4.61. The molecule has 0 aliphatic carbocycles. The van der Waals surface area contributed by atoms with Crippen molar-refractivity contribution in [2.24, 2.45) is 5.92 Å². The van der Waals surface area contributed by atoms with Crippen LogP contribution in [-0.2, 0) is 4.79 Å². The molecule has 0 saturated carbocycles. The summed E-state index contributed by atoms with van der Waals surface area (Å²) < 4.78 is 5.25. The summed E-state index contributed by atoms with van der Waals surface area (Å²) in [6.45, 7) is 5.43. The first-order valence-electron chi connectivity index (χ1n) is 6.09. The van der Waals surface area contributed by atoms with E-state index in [-0.39, 0.29) is 17.9 Å². The summed E-state index contributed by atoms with van der Waals surface area (Å²) in [5.41, 5.74) is 0.829. The lowest BCUT2D eigenvalue weighted by molar-refractivity contribution is -0.120. The van der Waals surface area contributed by atoms with Crippen molar-refractivity contribution >= 4 is 5.91 Å². The van der Waals surface area contributed by atoms with E-state index in [1.54, 1.807) is 24.5 Å². The van der Waals surface area contributed by atoms with Crippen LogP contribution in [-0.4, -0.2) is 21.0 Å². The fraction of sp³-hybridized carbons (Fsp3) is 0.385. The summed E-state index contributed by atoms with van der Waals surface area (Å²) in [7, 11) is 0. The molecule has 0 radical (unpaired) electrons. The van der Waals surface area contributed by atoms with E-state index in [2.05, 4.69) is 20.4 Å². The van der Waals surface area contributed by atoms with E-state index < -0.39 is 0 Å². The largest absolute Gasteiger partial charge is 0.344 e. The van der Waals surface area contributed by atoms with Gasteiger partial charge in [0.25, 0.3) is 0 Å². The molecule has 0 bridgehead atoms. The molecule has 6 nitrogen and oxygen atoms in total. The summed E-state index contributed by atoms with van der Waals surface area (Å²) in [6, 6.07) is 3.33.